The van der Waals surface area contributed by atoms with Gasteiger partial charge in [0.15, 0.2) is 0 Å². The average Bonchev–Trinajstić information content (AvgIpc) is 2.96. The molecule has 0 aliphatic rings. The molecule has 0 saturated heterocycles. The largest absolute Gasteiger partial charge is 0.395 e. The highest BCUT2D eigenvalue weighted by molar-refractivity contribution is 7.98. The molecule has 0 bridgehead atoms. The minimum atomic E-state index is 0.108. The fraction of sp³-hybridized carbons (Fsp3) is 0.188. The van der Waals surface area contributed by atoms with Crippen LogP contribution in [0.3, 0.4) is 0 Å². The Morgan fingerprint density at radius 1 is 1.10 bits per heavy atom. The van der Waals surface area contributed by atoms with Gasteiger partial charge < -0.3 is 5.11 Å². The lowest BCUT2D eigenvalue weighted by Gasteiger charge is -2.13. The van der Waals surface area contributed by atoms with Crippen LogP contribution in [-0.2, 0) is 5.75 Å². The number of benzene rings is 1. The monoisotopic (exact) mass is 301 g/mol. The number of hydrogen-bond acceptors (Lipinski definition) is 4. The Labute approximate surface area is 126 Å². The van der Waals surface area contributed by atoms with Gasteiger partial charge >= 0.3 is 0 Å². The minimum Gasteiger partial charge on any atom is -0.395 e. The molecule has 3 rings (SSSR count). The second-order valence-corrected chi connectivity index (χ2v) is 6.64. The van der Waals surface area contributed by atoms with Gasteiger partial charge in [0.05, 0.1) is 27.8 Å². The first-order valence-electron chi connectivity index (χ1n) is 6.47. The Hall–Kier alpha value is -1.36. The smallest absolute Gasteiger partial charge is 0.0813 e. The van der Waals surface area contributed by atoms with Crippen LogP contribution in [-0.4, -0.2) is 16.7 Å². The van der Waals surface area contributed by atoms with Crippen molar-refractivity contribution in [1.29, 1.82) is 0 Å². The van der Waals surface area contributed by atoms with Gasteiger partial charge in [0.25, 0.3) is 0 Å². The molecule has 1 aromatic carbocycles. The Morgan fingerprint density at radius 3 is 2.75 bits per heavy atom. The van der Waals surface area contributed by atoms with Crippen molar-refractivity contribution in [3.8, 4) is 0 Å². The SMILES string of the molecule is OC[C@H](SCc1ccc2sccc2n1)c1ccccc1. The molecule has 0 spiro atoms. The molecule has 102 valence electrons. The average molecular weight is 301 g/mol. The molecule has 0 fully saturated rings. The van der Waals surface area contributed by atoms with E-state index in [2.05, 4.69) is 40.7 Å². The molecular formula is C16H15NOS2. The van der Waals surface area contributed by atoms with Crippen LogP contribution in [0.4, 0.5) is 0 Å². The molecule has 1 atom stereocenters. The van der Waals surface area contributed by atoms with Crippen molar-refractivity contribution < 1.29 is 5.11 Å². The van der Waals surface area contributed by atoms with Gasteiger partial charge in [-0.3, -0.25) is 4.98 Å². The molecule has 0 saturated carbocycles. The summed E-state index contributed by atoms with van der Waals surface area (Å²) in [4.78, 5) is 4.64. The van der Waals surface area contributed by atoms with E-state index in [1.807, 2.05) is 18.2 Å². The summed E-state index contributed by atoms with van der Waals surface area (Å²) >= 11 is 3.44. The summed E-state index contributed by atoms with van der Waals surface area (Å²) in [5.74, 6) is 0.811. The third-order valence-corrected chi connectivity index (χ3v) is 5.29. The lowest BCUT2D eigenvalue weighted by molar-refractivity contribution is 0.296. The van der Waals surface area contributed by atoms with Gasteiger partial charge in [0, 0.05) is 5.75 Å². The number of pyridine rings is 1. The summed E-state index contributed by atoms with van der Waals surface area (Å²) < 4.78 is 1.22. The van der Waals surface area contributed by atoms with Crippen LogP contribution < -0.4 is 0 Å². The number of thioether (sulfide) groups is 1. The van der Waals surface area contributed by atoms with Crippen molar-refractivity contribution in [2.75, 3.05) is 6.61 Å². The predicted octanol–water partition coefficient (Wildman–Crippen LogP) is 4.26. The number of rotatable bonds is 5. The van der Waals surface area contributed by atoms with Crippen LogP contribution in [0.25, 0.3) is 10.2 Å². The second-order valence-electron chi connectivity index (χ2n) is 4.50. The highest BCUT2D eigenvalue weighted by Gasteiger charge is 2.11. The molecule has 0 amide bonds. The van der Waals surface area contributed by atoms with E-state index in [9.17, 15) is 5.11 Å². The number of nitrogens with zero attached hydrogens (tertiary/aromatic N) is 1. The molecule has 4 heteroatoms. The van der Waals surface area contributed by atoms with E-state index >= 15 is 0 Å². The van der Waals surface area contributed by atoms with E-state index < -0.39 is 0 Å². The molecule has 1 N–H and O–H groups in total. The second kappa shape index (κ2) is 6.39. The number of thiophene rings is 1. The highest BCUT2D eigenvalue weighted by Crippen LogP contribution is 2.31. The summed E-state index contributed by atoms with van der Waals surface area (Å²) in [5.41, 5.74) is 3.29. The summed E-state index contributed by atoms with van der Waals surface area (Å²) in [7, 11) is 0. The van der Waals surface area contributed by atoms with Crippen LogP contribution in [0, 0.1) is 0 Å². The molecule has 0 unspecified atom stereocenters. The first-order valence-corrected chi connectivity index (χ1v) is 8.40. The number of aromatic nitrogens is 1. The number of hydrogen-bond donors (Lipinski definition) is 1. The number of aliphatic hydroxyl groups is 1. The molecule has 3 aromatic rings. The molecule has 0 aliphatic heterocycles. The van der Waals surface area contributed by atoms with Crippen molar-refractivity contribution >= 4 is 33.3 Å². The maximum Gasteiger partial charge on any atom is 0.0813 e. The summed E-state index contributed by atoms with van der Waals surface area (Å²) in [5, 5.41) is 11.7. The maximum absolute atomic E-state index is 9.56. The third-order valence-electron chi connectivity index (χ3n) is 3.13. The van der Waals surface area contributed by atoms with Gasteiger partial charge in [-0.15, -0.1) is 23.1 Å². The molecule has 2 heterocycles. The molecule has 2 aromatic heterocycles. The lowest BCUT2D eigenvalue weighted by atomic mass is 10.2. The maximum atomic E-state index is 9.56. The van der Waals surface area contributed by atoms with E-state index in [0.29, 0.717) is 0 Å². The molecule has 2 nitrogen and oxygen atoms in total. The predicted molar refractivity (Wildman–Crippen MR) is 87.2 cm³/mol. The molecular weight excluding hydrogens is 286 g/mol. The quantitative estimate of drug-likeness (QED) is 0.764. The normalized spacial score (nSPS) is 12.7. The van der Waals surface area contributed by atoms with Crippen LogP contribution in [0.2, 0.25) is 0 Å². The van der Waals surface area contributed by atoms with Crippen LogP contribution in [0.5, 0.6) is 0 Å². The van der Waals surface area contributed by atoms with Crippen molar-refractivity contribution in [2.24, 2.45) is 0 Å². The first kappa shape index (κ1) is 13.6. The van der Waals surface area contributed by atoms with Crippen molar-refractivity contribution in [3.05, 3.63) is 65.2 Å². The fourth-order valence-corrected chi connectivity index (χ4v) is 3.80. The lowest BCUT2D eigenvalue weighted by Crippen LogP contribution is -2.00. The zero-order chi connectivity index (χ0) is 13.8. The van der Waals surface area contributed by atoms with Gasteiger partial charge in [-0.25, -0.2) is 0 Å². The van der Waals surface area contributed by atoms with E-state index in [1.54, 1.807) is 23.1 Å². The van der Waals surface area contributed by atoms with E-state index in [4.69, 9.17) is 0 Å². The standard InChI is InChI=1S/C16H15NOS2/c18-10-16(12-4-2-1-3-5-12)20-11-13-6-7-15-14(17-13)8-9-19-15/h1-9,16,18H,10-11H2/t16-/m0/s1. The van der Waals surface area contributed by atoms with E-state index in [1.165, 1.54) is 4.70 Å². The zero-order valence-electron chi connectivity index (χ0n) is 10.9. The van der Waals surface area contributed by atoms with Gasteiger partial charge in [0.1, 0.15) is 0 Å². The van der Waals surface area contributed by atoms with E-state index in [0.717, 1.165) is 22.5 Å². The molecule has 0 radical (unpaired) electrons. The van der Waals surface area contributed by atoms with Crippen molar-refractivity contribution in [3.63, 3.8) is 0 Å². The highest BCUT2D eigenvalue weighted by atomic mass is 32.2. The van der Waals surface area contributed by atoms with Crippen LogP contribution in [0.15, 0.2) is 53.9 Å². The summed E-state index contributed by atoms with van der Waals surface area (Å²) in [6.07, 6.45) is 0. The first-order chi connectivity index (χ1) is 9.86. The number of aliphatic hydroxyl groups excluding tert-OH is 1. The Kier molecular flexibility index (Phi) is 4.35. The Balaban J connectivity index is 1.71. The summed E-state index contributed by atoms with van der Waals surface area (Å²) in [6.45, 7) is 0.148. The zero-order valence-corrected chi connectivity index (χ0v) is 12.5. The molecule has 20 heavy (non-hydrogen) atoms. The third kappa shape index (κ3) is 3.03. The van der Waals surface area contributed by atoms with Crippen LogP contribution >= 0.6 is 23.1 Å². The molecule has 0 aliphatic carbocycles. The van der Waals surface area contributed by atoms with Crippen molar-refractivity contribution in [2.45, 2.75) is 11.0 Å². The van der Waals surface area contributed by atoms with Crippen molar-refractivity contribution in [1.82, 2.24) is 4.98 Å². The van der Waals surface area contributed by atoms with E-state index in [-0.39, 0.29) is 11.9 Å². The number of fused-ring (bicyclic) bond motifs is 1. The van der Waals surface area contributed by atoms with Gasteiger partial charge in [-0.2, -0.15) is 0 Å². The van der Waals surface area contributed by atoms with Gasteiger partial charge in [-0.05, 0) is 29.1 Å². The van der Waals surface area contributed by atoms with Gasteiger partial charge in [-0.1, -0.05) is 30.3 Å². The topological polar surface area (TPSA) is 33.1 Å². The Bertz CT molecular complexity index is 681. The van der Waals surface area contributed by atoms with Crippen LogP contribution in [0.1, 0.15) is 16.5 Å². The summed E-state index contributed by atoms with van der Waals surface area (Å²) in [6, 6.07) is 16.4. The fourth-order valence-electron chi connectivity index (χ4n) is 2.08. The minimum absolute atomic E-state index is 0.108. The van der Waals surface area contributed by atoms with Gasteiger partial charge in [0.2, 0.25) is 0 Å². The Morgan fingerprint density at radius 2 is 1.95 bits per heavy atom.